The Hall–Kier alpha value is -3.53. The molecule has 2 aliphatic heterocycles. The van der Waals surface area contributed by atoms with Crippen LogP contribution < -0.4 is 0 Å². The molecule has 0 atom stereocenters. The Kier molecular flexibility index (Phi) is 4.67. The lowest BCUT2D eigenvalue weighted by atomic mass is 9.50. The summed E-state index contributed by atoms with van der Waals surface area (Å²) in [6.45, 7) is 0. The molecule has 0 radical (unpaired) electrons. The molecule has 10 heteroatoms. The highest BCUT2D eigenvalue weighted by atomic mass is 32.2. The average Bonchev–Trinajstić information content (AvgIpc) is 3.49. The van der Waals surface area contributed by atoms with Gasteiger partial charge in [-0.25, -0.2) is 0 Å². The van der Waals surface area contributed by atoms with Crippen molar-refractivity contribution in [1.29, 1.82) is 5.41 Å². The minimum atomic E-state index is -0.465. The van der Waals surface area contributed by atoms with E-state index in [4.69, 9.17) is 10.5 Å². The van der Waals surface area contributed by atoms with Crippen LogP contribution in [-0.4, -0.2) is 36.5 Å². The fourth-order valence-electron chi connectivity index (χ4n) is 7.23. The summed E-state index contributed by atoms with van der Waals surface area (Å²) in [5, 5.41) is 28.0. The minimum absolute atomic E-state index is 0.0174. The van der Waals surface area contributed by atoms with Crippen molar-refractivity contribution < 1.29 is 9.72 Å². The van der Waals surface area contributed by atoms with Gasteiger partial charge < -0.3 is 4.57 Å². The predicted octanol–water partition coefficient (Wildman–Crippen LogP) is 5.22. The number of nitrogens with one attached hydrogen (secondary N) is 1. The number of thioether (sulfide) groups is 1. The molecular formula is C26H24N6O3S. The number of carbonyl (C=O) groups is 1. The van der Waals surface area contributed by atoms with Crippen LogP contribution in [-0.2, 0) is 4.79 Å². The highest BCUT2D eigenvalue weighted by molar-refractivity contribution is 8.27. The maximum absolute atomic E-state index is 13.0. The number of hydrazone groups is 1. The van der Waals surface area contributed by atoms with E-state index in [0.717, 1.165) is 42.1 Å². The quantitative estimate of drug-likeness (QED) is 0.351. The van der Waals surface area contributed by atoms with Crippen LogP contribution in [0, 0.1) is 38.7 Å². The number of nitro groups is 1. The molecule has 0 spiro atoms. The van der Waals surface area contributed by atoms with Gasteiger partial charge in [0.05, 0.1) is 16.2 Å². The van der Waals surface area contributed by atoms with E-state index < -0.39 is 10.8 Å². The SMILES string of the molecule is N=C1/C(=C\c2cccn2-c2cccc([N+](=O)[O-])c2)C(=O)N=C2SC(C34CC5CC(CC(C5)C3)C4)=NN12. The smallest absolute Gasteiger partial charge is 0.283 e. The van der Waals surface area contributed by atoms with Crippen molar-refractivity contribution in [1.82, 2.24) is 9.58 Å². The number of aromatic nitrogens is 1. The van der Waals surface area contributed by atoms with Crippen molar-refractivity contribution in [3.8, 4) is 5.69 Å². The molecule has 1 N–H and O–H groups in total. The van der Waals surface area contributed by atoms with E-state index >= 15 is 0 Å². The van der Waals surface area contributed by atoms with Gasteiger partial charge in [0.25, 0.3) is 11.6 Å². The molecule has 182 valence electrons. The van der Waals surface area contributed by atoms with Crippen LogP contribution in [0.15, 0.2) is 58.3 Å². The van der Waals surface area contributed by atoms with E-state index in [9.17, 15) is 14.9 Å². The van der Waals surface area contributed by atoms with Gasteiger partial charge in [-0.05, 0) is 92.3 Å². The van der Waals surface area contributed by atoms with E-state index in [1.54, 1.807) is 41.1 Å². The van der Waals surface area contributed by atoms with Crippen LogP contribution in [0.2, 0.25) is 0 Å². The number of amidine groups is 2. The van der Waals surface area contributed by atoms with Crippen molar-refractivity contribution in [2.75, 3.05) is 0 Å². The fourth-order valence-corrected chi connectivity index (χ4v) is 8.34. The maximum Gasteiger partial charge on any atom is 0.283 e. The third-order valence-corrected chi connectivity index (χ3v) is 9.49. The molecule has 4 aliphatic carbocycles. The van der Waals surface area contributed by atoms with Gasteiger partial charge in [-0.2, -0.15) is 15.1 Å². The molecule has 6 aliphatic rings. The number of nitro benzene ring substituents is 1. The molecule has 4 fully saturated rings. The molecule has 0 saturated heterocycles. The number of amides is 1. The highest BCUT2D eigenvalue weighted by Gasteiger charge is 2.55. The van der Waals surface area contributed by atoms with Gasteiger partial charge in [-0.3, -0.25) is 20.3 Å². The summed E-state index contributed by atoms with van der Waals surface area (Å²) in [4.78, 5) is 28.1. The van der Waals surface area contributed by atoms with Crippen molar-refractivity contribution in [3.05, 3.63) is 64.0 Å². The summed E-state index contributed by atoms with van der Waals surface area (Å²) in [5.41, 5.74) is 1.43. The first-order valence-electron chi connectivity index (χ1n) is 12.3. The first-order chi connectivity index (χ1) is 17.4. The number of carbonyl (C=O) groups excluding carboxylic acids is 1. The number of fused-ring (bicyclic) bond motifs is 1. The molecule has 1 aromatic heterocycles. The molecule has 4 saturated carbocycles. The van der Waals surface area contributed by atoms with E-state index in [2.05, 4.69) is 4.99 Å². The highest BCUT2D eigenvalue weighted by Crippen LogP contribution is 2.62. The zero-order valence-corrected chi connectivity index (χ0v) is 20.3. The van der Waals surface area contributed by atoms with Gasteiger partial charge in [-0.15, -0.1) is 0 Å². The molecule has 4 bridgehead atoms. The molecule has 1 amide bonds. The van der Waals surface area contributed by atoms with E-state index in [1.165, 1.54) is 48.2 Å². The number of rotatable bonds is 4. The number of non-ortho nitro benzene ring substituents is 1. The standard InChI is InChI=1S/C26H24N6O3S/c27-22-21(11-19-5-2-6-30(19)18-3-1-4-20(10-18)32(34)35)23(33)28-25-31(22)29-24(36-25)26-12-15-7-16(13-26)9-17(8-15)14-26/h1-6,10-11,15-17,27H,7-9,12-14H2/b21-11+,27-22?. The molecule has 9 nitrogen and oxygen atoms in total. The summed E-state index contributed by atoms with van der Waals surface area (Å²) >= 11 is 1.47. The topological polar surface area (TPSA) is 117 Å². The number of aliphatic imine (C=N–C) groups is 1. The molecule has 1 aromatic carbocycles. The van der Waals surface area contributed by atoms with Crippen molar-refractivity contribution in [3.63, 3.8) is 0 Å². The molecule has 2 aromatic rings. The van der Waals surface area contributed by atoms with Crippen LogP contribution >= 0.6 is 11.8 Å². The van der Waals surface area contributed by atoms with Gasteiger partial charge in [-0.1, -0.05) is 6.07 Å². The Balaban J connectivity index is 1.21. The molecule has 0 unspecified atom stereocenters. The molecular weight excluding hydrogens is 476 g/mol. The Morgan fingerprint density at radius 2 is 1.83 bits per heavy atom. The Morgan fingerprint density at radius 1 is 1.11 bits per heavy atom. The number of nitrogens with zero attached hydrogens (tertiary/aromatic N) is 5. The second-order valence-electron chi connectivity index (χ2n) is 10.7. The van der Waals surface area contributed by atoms with Gasteiger partial charge >= 0.3 is 0 Å². The molecule has 8 rings (SSSR count). The minimum Gasteiger partial charge on any atom is -0.317 e. The van der Waals surface area contributed by atoms with Crippen molar-refractivity contribution >= 4 is 45.5 Å². The lowest BCUT2D eigenvalue weighted by Gasteiger charge is -2.56. The molecule has 36 heavy (non-hydrogen) atoms. The third-order valence-electron chi connectivity index (χ3n) is 8.34. The second-order valence-corrected chi connectivity index (χ2v) is 11.7. The van der Waals surface area contributed by atoms with Crippen LogP contribution in [0.5, 0.6) is 0 Å². The first-order valence-corrected chi connectivity index (χ1v) is 13.1. The Morgan fingerprint density at radius 3 is 2.53 bits per heavy atom. The van der Waals surface area contributed by atoms with Gasteiger partial charge in [0.15, 0.2) is 5.84 Å². The van der Waals surface area contributed by atoms with Gasteiger partial charge in [0.1, 0.15) is 5.04 Å². The average molecular weight is 501 g/mol. The summed E-state index contributed by atoms with van der Waals surface area (Å²) in [6, 6.07) is 9.90. The van der Waals surface area contributed by atoms with Gasteiger partial charge in [0, 0.05) is 29.4 Å². The number of benzene rings is 1. The monoisotopic (exact) mass is 500 g/mol. The van der Waals surface area contributed by atoms with Crippen LogP contribution in [0.4, 0.5) is 5.69 Å². The largest absolute Gasteiger partial charge is 0.317 e. The maximum atomic E-state index is 13.0. The fraction of sp³-hybridized carbons (Fsp3) is 0.385. The predicted molar refractivity (Wildman–Crippen MR) is 138 cm³/mol. The zero-order valence-electron chi connectivity index (χ0n) is 19.5. The van der Waals surface area contributed by atoms with E-state index in [0.29, 0.717) is 16.5 Å². The van der Waals surface area contributed by atoms with E-state index in [-0.39, 0.29) is 22.5 Å². The number of hydrogen-bond donors (Lipinski definition) is 1. The normalized spacial score (nSPS) is 31.6. The number of hydrogen-bond acceptors (Lipinski definition) is 6. The van der Waals surface area contributed by atoms with Crippen LogP contribution in [0.1, 0.15) is 44.2 Å². The summed E-state index contributed by atoms with van der Waals surface area (Å²) in [7, 11) is 0. The Bertz CT molecular complexity index is 1400. The summed E-state index contributed by atoms with van der Waals surface area (Å²) in [5.74, 6) is 1.88. The van der Waals surface area contributed by atoms with Crippen LogP contribution in [0.3, 0.4) is 0 Å². The lowest BCUT2D eigenvalue weighted by molar-refractivity contribution is -0.384. The summed E-state index contributed by atoms with van der Waals surface area (Å²) in [6.07, 6.45) is 10.9. The van der Waals surface area contributed by atoms with Crippen LogP contribution in [0.25, 0.3) is 11.8 Å². The second kappa shape index (κ2) is 7.73. The third kappa shape index (κ3) is 3.31. The summed E-state index contributed by atoms with van der Waals surface area (Å²) < 4.78 is 1.75. The molecule has 3 heterocycles. The lowest BCUT2D eigenvalue weighted by Crippen LogP contribution is -2.49. The van der Waals surface area contributed by atoms with Crippen molar-refractivity contribution in [2.45, 2.75) is 38.5 Å². The van der Waals surface area contributed by atoms with E-state index in [1.807, 2.05) is 0 Å². The first kappa shape index (κ1) is 21.7. The zero-order chi connectivity index (χ0) is 24.6. The van der Waals surface area contributed by atoms with Gasteiger partial charge in [0.2, 0.25) is 5.17 Å². The Labute approximate surface area is 211 Å². The van der Waals surface area contributed by atoms with Crippen molar-refractivity contribution in [2.24, 2.45) is 33.3 Å².